The Bertz CT molecular complexity index is 1260. The molecule has 2 aromatic carbocycles. The SMILES string of the molecule is O=C(CNc1ncccn1)c1ccc(/C(F)=C/C(c2cc(Br)cc(Br)c2)C(F)(F)F)cc1C(F)(F)F. The van der Waals surface area contributed by atoms with Crippen molar-refractivity contribution < 1.29 is 35.5 Å². The zero-order chi connectivity index (χ0) is 26.7. The van der Waals surface area contributed by atoms with Gasteiger partial charge < -0.3 is 5.32 Å². The fourth-order valence-electron chi connectivity index (χ4n) is 3.19. The molecule has 0 aliphatic carbocycles. The van der Waals surface area contributed by atoms with E-state index in [1.807, 2.05) is 0 Å². The fourth-order valence-corrected chi connectivity index (χ4v) is 4.52. The molecule has 4 nitrogen and oxygen atoms in total. The van der Waals surface area contributed by atoms with E-state index in [-0.39, 0.29) is 26.5 Å². The quantitative estimate of drug-likeness (QED) is 0.210. The summed E-state index contributed by atoms with van der Waals surface area (Å²) in [5.74, 6) is -4.98. The van der Waals surface area contributed by atoms with Gasteiger partial charge in [0, 0.05) is 32.5 Å². The molecule has 36 heavy (non-hydrogen) atoms. The molecule has 0 spiro atoms. The van der Waals surface area contributed by atoms with Crippen molar-refractivity contribution in [2.24, 2.45) is 0 Å². The van der Waals surface area contributed by atoms with Crippen LogP contribution < -0.4 is 5.32 Å². The van der Waals surface area contributed by atoms with Gasteiger partial charge in [-0.15, -0.1) is 0 Å². The third-order valence-corrected chi connectivity index (χ3v) is 5.70. The van der Waals surface area contributed by atoms with E-state index in [9.17, 15) is 35.5 Å². The smallest absolute Gasteiger partial charge is 0.347 e. The highest BCUT2D eigenvalue weighted by Gasteiger charge is 2.40. The number of carbonyl (C=O) groups is 1. The van der Waals surface area contributed by atoms with Crippen LogP contribution >= 0.6 is 31.9 Å². The summed E-state index contributed by atoms with van der Waals surface area (Å²) in [5, 5.41) is 2.47. The summed E-state index contributed by atoms with van der Waals surface area (Å²) in [6, 6.07) is 7.06. The molecule has 13 heteroatoms. The number of nitrogens with one attached hydrogen (secondary N) is 1. The summed E-state index contributed by atoms with van der Waals surface area (Å²) in [5.41, 5.74) is -3.37. The molecule has 3 aromatic rings. The minimum atomic E-state index is -5.08. The molecule has 0 bridgehead atoms. The van der Waals surface area contributed by atoms with Gasteiger partial charge in [-0.05, 0) is 42.0 Å². The highest BCUT2D eigenvalue weighted by molar-refractivity contribution is 9.11. The van der Waals surface area contributed by atoms with Gasteiger partial charge in [-0.3, -0.25) is 4.79 Å². The van der Waals surface area contributed by atoms with Gasteiger partial charge in [0.2, 0.25) is 5.95 Å². The predicted molar refractivity (Wildman–Crippen MR) is 126 cm³/mol. The van der Waals surface area contributed by atoms with Crippen molar-refractivity contribution in [3.8, 4) is 0 Å². The van der Waals surface area contributed by atoms with E-state index < -0.39 is 53.1 Å². The number of carbonyl (C=O) groups excluding carboxylic acids is 1. The van der Waals surface area contributed by atoms with E-state index in [1.165, 1.54) is 24.5 Å². The van der Waals surface area contributed by atoms with Crippen LogP contribution in [0.25, 0.3) is 5.83 Å². The number of allylic oxidation sites excluding steroid dienone is 1. The molecular weight excluding hydrogens is 627 g/mol. The topological polar surface area (TPSA) is 54.9 Å². The second-order valence-corrected chi connectivity index (χ2v) is 9.18. The first-order chi connectivity index (χ1) is 16.8. The standard InChI is InChI=1S/C23H14Br2F7N3O/c24-14-6-13(7-15(25)9-14)17(22(27,28)29)10-19(26)12-2-3-16(18(8-12)23(30,31)32)20(36)11-35-21-33-4-1-5-34-21/h1-10,17H,11H2,(H,33,34,35)/b19-10-. The Morgan fingerprint density at radius 3 is 2.14 bits per heavy atom. The molecule has 1 heterocycles. The Hall–Kier alpha value is -2.80. The number of anilines is 1. The van der Waals surface area contributed by atoms with Crippen molar-refractivity contribution >= 4 is 49.4 Å². The molecule has 0 saturated carbocycles. The van der Waals surface area contributed by atoms with E-state index in [2.05, 4.69) is 47.1 Å². The third kappa shape index (κ3) is 7.12. The maximum atomic E-state index is 14.9. The minimum Gasteiger partial charge on any atom is -0.347 e. The number of ketones is 1. The Morgan fingerprint density at radius 1 is 0.972 bits per heavy atom. The molecule has 3 rings (SSSR count). The molecular formula is C23H14Br2F7N3O. The van der Waals surface area contributed by atoms with Gasteiger partial charge >= 0.3 is 12.4 Å². The van der Waals surface area contributed by atoms with Crippen LogP contribution in [0.15, 0.2) is 69.9 Å². The third-order valence-electron chi connectivity index (χ3n) is 4.78. The maximum Gasteiger partial charge on any atom is 0.417 e. The Kier molecular flexibility index (Phi) is 8.55. The number of nitrogens with zero attached hydrogens (tertiary/aromatic N) is 2. The molecule has 1 N–H and O–H groups in total. The van der Waals surface area contributed by atoms with E-state index in [0.29, 0.717) is 6.07 Å². The van der Waals surface area contributed by atoms with Crippen LogP contribution in [0, 0.1) is 0 Å². The highest BCUT2D eigenvalue weighted by atomic mass is 79.9. The van der Waals surface area contributed by atoms with Crippen molar-refractivity contribution in [1.82, 2.24) is 9.97 Å². The number of halogens is 9. The Labute approximate surface area is 216 Å². The fraction of sp³-hybridized carbons (Fsp3) is 0.174. The van der Waals surface area contributed by atoms with Crippen LogP contribution in [0.1, 0.15) is 33.0 Å². The van der Waals surface area contributed by atoms with E-state index in [0.717, 1.165) is 24.3 Å². The lowest BCUT2D eigenvalue weighted by molar-refractivity contribution is -0.140. The van der Waals surface area contributed by atoms with Gasteiger partial charge in [0.25, 0.3) is 0 Å². The molecule has 0 amide bonds. The normalized spacial score (nSPS) is 13.4. The summed E-state index contributed by atoms with van der Waals surface area (Å²) in [6.07, 6.45) is -7.12. The predicted octanol–water partition coefficient (Wildman–Crippen LogP) is 7.97. The average Bonchev–Trinajstić information content (AvgIpc) is 2.79. The molecule has 1 unspecified atom stereocenters. The number of benzene rings is 2. The number of rotatable bonds is 7. The van der Waals surface area contributed by atoms with Gasteiger partial charge in [-0.25, -0.2) is 14.4 Å². The van der Waals surface area contributed by atoms with Crippen molar-refractivity contribution in [2.45, 2.75) is 18.3 Å². The molecule has 0 aliphatic rings. The number of Topliss-reactive ketones (excluding diaryl/α,β-unsaturated/α-hetero) is 1. The zero-order valence-corrected chi connectivity index (χ0v) is 20.9. The van der Waals surface area contributed by atoms with Gasteiger partial charge in [0.05, 0.1) is 12.1 Å². The molecule has 0 fully saturated rings. The van der Waals surface area contributed by atoms with Crippen LogP contribution in [0.3, 0.4) is 0 Å². The zero-order valence-electron chi connectivity index (χ0n) is 17.8. The number of hydrogen-bond acceptors (Lipinski definition) is 4. The lowest BCUT2D eigenvalue weighted by Crippen LogP contribution is -2.20. The second kappa shape index (κ2) is 11.1. The summed E-state index contributed by atoms with van der Waals surface area (Å²) >= 11 is 6.12. The summed E-state index contributed by atoms with van der Waals surface area (Å²) < 4.78 is 97.7. The molecule has 190 valence electrons. The first-order valence-corrected chi connectivity index (χ1v) is 11.5. The highest BCUT2D eigenvalue weighted by Crippen LogP contribution is 2.41. The number of hydrogen-bond donors (Lipinski definition) is 1. The van der Waals surface area contributed by atoms with Crippen LogP contribution in [0.4, 0.5) is 36.7 Å². The van der Waals surface area contributed by atoms with Gasteiger partial charge in [-0.2, -0.15) is 26.3 Å². The van der Waals surface area contributed by atoms with Crippen molar-refractivity contribution in [1.29, 1.82) is 0 Å². The second-order valence-electron chi connectivity index (χ2n) is 7.34. The summed E-state index contributed by atoms with van der Waals surface area (Å²) in [4.78, 5) is 20.0. The molecule has 0 aliphatic heterocycles. The molecule has 0 radical (unpaired) electrons. The van der Waals surface area contributed by atoms with Gasteiger partial charge in [-0.1, -0.05) is 44.0 Å². The van der Waals surface area contributed by atoms with E-state index in [4.69, 9.17) is 0 Å². The van der Waals surface area contributed by atoms with Crippen molar-refractivity contribution in [3.63, 3.8) is 0 Å². The molecule has 0 saturated heterocycles. The van der Waals surface area contributed by atoms with E-state index >= 15 is 0 Å². The summed E-state index contributed by atoms with van der Waals surface area (Å²) in [6.45, 7) is -0.599. The largest absolute Gasteiger partial charge is 0.417 e. The van der Waals surface area contributed by atoms with Crippen LogP contribution in [-0.4, -0.2) is 28.5 Å². The average molecular weight is 641 g/mol. The lowest BCUT2D eigenvalue weighted by Gasteiger charge is -2.19. The maximum absolute atomic E-state index is 14.9. The first kappa shape index (κ1) is 27.8. The van der Waals surface area contributed by atoms with Crippen LogP contribution in [-0.2, 0) is 6.18 Å². The Morgan fingerprint density at radius 2 is 1.58 bits per heavy atom. The van der Waals surface area contributed by atoms with Crippen molar-refractivity contribution in [2.75, 3.05) is 11.9 Å². The van der Waals surface area contributed by atoms with E-state index in [1.54, 1.807) is 0 Å². The Balaban J connectivity index is 1.97. The van der Waals surface area contributed by atoms with Gasteiger partial charge in [0.1, 0.15) is 11.7 Å². The van der Waals surface area contributed by atoms with Gasteiger partial charge in [0.15, 0.2) is 5.78 Å². The number of alkyl halides is 6. The van der Waals surface area contributed by atoms with Crippen LogP contribution in [0.5, 0.6) is 0 Å². The molecule has 1 aromatic heterocycles. The number of aromatic nitrogens is 2. The first-order valence-electron chi connectivity index (χ1n) is 9.91. The lowest BCUT2D eigenvalue weighted by atomic mass is 9.95. The summed E-state index contributed by atoms with van der Waals surface area (Å²) in [7, 11) is 0. The monoisotopic (exact) mass is 639 g/mol. The van der Waals surface area contributed by atoms with Crippen LogP contribution in [0.2, 0.25) is 0 Å². The van der Waals surface area contributed by atoms with Crippen molar-refractivity contribution in [3.05, 3.63) is 92.1 Å². The minimum absolute atomic E-state index is 0.00221. The molecule has 1 atom stereocenters.